The number of hydrogen-bond donors (Lipinski definition) is 2. The second-order valence-corrected chi connectivity index (χ2v) is 5.41. The number of aliphatic hydroxyl groups is 1. The van der Waals surface area contributed by atoms with E-state index < -0.39 is 6.10 Å². The zero-order valence-corrected chi connectivity index (χ0v) is 12.6. The van der Waals surface area contributed by atoms with E-state index in [1.54, 1.807) is 24.3 Å². The van der Waals surface area contributed by atoms with Gasteiger partial charge in [-0.25, -0.2) is 0 Å². The number of ketones is 1. The van der Waals surface area contributed by atoms with Crippen molar-refractivity contribution in [1.29, 1.82) is 0 Å². The van der Waals surface area contributed by atoms with E-state index in [9.17, 15) is 15.0 Å². The molecule has 2 N–H and O–H groups in total. The molecular formula is C18H21NO3. The number of Topliss-reactive ketones (excluding diaryl/α,β-unsaturated/α-hetero) is 1. The lowest BCUT2D eigenvalue weighted by molar-refractivity contribution is 0.0938. The quantitative estimate of drug-likeness (QED) is 0.772. The summed E-state index contributed by atoms with van der Waals surface area (Å²) in [6, 6.07) is 15.7. The molecule has 4 heteroatoms. The van der Waals surface area contributed by atoms with Crippen molar-refractivity contribution in [2.24, 2.45) is 0 Å². The van der Waals surface area contributed by atoms with Gasteiger partial charge in [0.05, 0.1) is 6.10 Å². The van der Waals surface area contributed by atoms with Gasteiger partial charge in [-0.1, -0.05) is 42.5 Å². The molecule has 0 aliphatic rings. The molecule has 0 amide bonds. The number of rotatable bonds is 7. The normalized spacial score (nSPS) is 12.3. The number of aliphatic hydroxyl groups excluding tert-OH is 1. The lowest BCUT2D eigenvalue weighted by Gasteiger charge is -2.20. The Labute approximate surface area is 130 Å². The third-order valence-corrected chi connectivity index (χ3v) is 3.58. The minimum atomic E-state index is -0.641. The Bertz CT molecular complexity index is 595. The molecule has 0 radical (unpaired) electrons. The van der Waals surface area contributed by atoms with E-state index in [-0.39, 0.29) is 11.5 Å². The number of carbonyl (C=O) groups excluding carboxylic acids is 1. The first-order chi connectivity index (χ1) is 10.6. The topological polar surface area (TPSA) is 60.8 Å². The zero-order valence-electron chi connectivity index (χ0n) is 12.6. The summed E-state index contributed by atoms with van der Waals surface area (Å²) < 4.78 is 0. The van der Waals surface area contributed by atoms with Crippen molar-refractivity contribution in [3.8, 4) is 5.75 Å². The molecule has 0 bridgehead atoms. The molecule has 0 heterocycles. The van der Waals surface area contributed by atoms with Crippen molar-refractivity contribution in [3.05, 3.63) is 65.7 Å². The van der Waals surface area contributed by atoms with Crippen LogP contribution in [0.15, 0.2) is 54.6 Å². The van der Waals surface area contributed by atoms with Crippen LogP contribution in [0.25, 0.3) is 0 Å². The zero-order chi connectivity index (χ0) is 15.9. The molecule has 1 unspecified atom stereocenters. The molecule has 0 aliphatic carbocycles. The van der Waals surface area contributed by atoms with Crippen LogP contribution >= 0.6 is 0 Å². The van der Waals surface area contributed by atoms with Crippen molar-refractivity contribution >= 4 is 5.78 Å². The SMILES string of the molecule is CN(CCC(=O)c1ccccc1)CC(O)c1ccc(O)cc1. The summed E-state index contributed by atoms with van der Waals surface area (Å²) in [7, 11) is 1.88. The molecule has 0 spiro atoms. The molecule has 116 valence electrons. The second kappa shape index (κ2) is 7.73. The maximum Gasteiger partial charge on any atom is 0.164 e. The number of benzene rings is 2. The molecule has 0 saturated carbocycles. The number of nitrogens with zero attached hydrogens (tertiary/aromatic N) is 1. The molecular weight excluding hydrogens is 278 g/mol. The average molecular weight is 299 g/mol. The molecule has 0 saturated heterocycles. The van der Waals surface area contributed by atoms with Gasteiger partial charge in [0.2, 0.25) is 0 Å². The predicted octanol–water partition coefficient (Wildman–Crippen LogP) is 2.63. The number of carbonyl (C=O) groups is 1. The van der Waals surface area contributed by atoms with Crippen molar-refractivity contribution in [3.63, 3.8) is 0 Å². The lowest BCUT2D eigenvalue weighted by Crippen LogP contribution is -2.27. The highest BCUT2D eigenvalue weighted by Gasteiger charge is 2.12. The van der Waals surface area contributed by atoms with Gasteiger partial charge in [0.1, 0.15) is 5.75 Å². The molecule has 0 aromatic heterocycles. The Morgan fingerprint density at radius 2 is 1.73 bits per heavy atom. The Balaban J connectivity index is 1.81. The highest BCUT2D eigenvalue weighted by atomic mass is 16.3. The van der Waals surface area contributed by atoms with Gasteiger partial charge < -0.3 is 15.1 Å². The summed E-state index contributed by atoms with van der Waals surface area (Å²) >= 11 is 0. The van der Waals surface area contributed by atoms with Gasteiger partial charge in [0.25, 0.3) is 0 Å². The van der Waals surface area contributed by atoms with E-state index in [4.69, 9.17) is 0 Å². The minimum absolute atomic E-state index is 0.103. The van der Waals surface area contributed by atoms with Crippen LogP contribution in [0.2, 0.25) is 0 Å². The molecule has 2 aromatic carbocycles. The monoisotopic (exact) mass is 299 g/mol. The molecule has 1 atom stereocenters. The van der Waals surface area contributed by atoms with E-state index in [1.807, 2.05) is 42.3 Å². The van der Waals surface area contributed by atoms with Crippen LogP contribution in [0.4, 0.5) is 0 Å². The van der Waals surface area contributed by atoms with Gasteiger partial charge in [0.15, 0.2) is 5.78 Å². The fraction of sp³-hybridized carbons (Fsp3) is 0.278. The van der Waals surface area contributed by atoms with Gasteiger partial charge in [-0.05, 0) is 24.7 Å². The van der Waals surface area contributed by atoms with E-state index in [2.05, 4.69) is 0 Å². The van der Waals surface area contributed by atoms with Crippen molar-refractivity contribution in [1.82, 2.24) is 4.90 Å². The highest BCUT2D eigenvalue weighted by Crippen LogP contribution is 2.17. The van der Waals surface area contributed by atoms with E-state index in [0.717, 1.165) is 11.1 Å². The minimum Gasteiger partial charge on any atom is -0.508 e. The summed E-state index contributed by atoms with van der Waals surface area (Å²) in [6.45, 7) is 1.02. The first-order valence-electron chi connectivity index (χ1n) is 7.30. The van der Waals surface area contributed by atoms with Crippen molar-refractivity contribution in [2.75, 3.05) is 20.1 Å². The summed E-state index contributed by atoms with van der Waals surface area (Å²) in [6.07, 6.45) is -0.222. The van der Waals surface area contributed by atoms with E-state index in [1.165, 1.54) is 0 Å². The summed E-state index contributed by atoms with van der Waals surface area (Å²) in [5.41, 5.74) is 1.47. The number of phenolic OH excluding ortho intramolecular Hbond substituents is 1. The van der Waals surface area contributed by atoms with Crippen LogP contribution in [0.5, 0.6) is 5.75 Å². The van der Waals surface area contributed by atoms with Crippen LogP contribution in [-0.2, 0) is 0 Å². The van der Waals surface area contributed by atoms with Gasteiger partial charge >= 0.3 is 0 Å². The Morgan fingerprint density at radius 3 is 2.36 bits per heavy atom. The van der Waals surface area contributed by atoms with Crippen LogP contribution in [0.1, 0.15) is 28.4 Å². The maximum atomic E-state index is 12.0. The summed E-state index contributed by atoms with van der Waals surface area (Å²) in [4.78, 5) is 14.0. The Morgan fingerprint density at radius 1 is 1.09 bits per heavy atom. The Kier molecular flexibility index (Phi) is 5.69. The van der Waals surface area contributed by atoms with Gasteiger partial charge in [-0.2, -0.15) is 0 Å². The first kappa shape index (κ1) is 16.2. The molecule has 2 aromatic rings. The Hall–Kier alpha value is -2.17. The fourth-order valence-electron chi connectivity index (χ4n) is 2.25. The molecule has 0 fully saturated rings. The third-order valence-electron chi connectivity index (χ3n) is 3.58. The van der Waals surface area contributed by atoms with Gasteiger partial charge in [0, 0.05) is 25.1 Å². The fourth-order valence-corrected chi connectivity index (χ4v) is 2.25. The van der Waals surface area contributed by atoms with E-state index >= 15 is 0 Å². The summed E-state index contributed by atoms with van der Waals surface area (Å²) in [5, 5.41) is 19.4. The van der Waals surface area contributed by atoms with Crippen molar-refractivity contribution < 1.29 is 15.0 Å². The lowest BCUT2D eigenvalue weighted by atomic mass is 10.1. The van der Waals surface area contributed by atoms with Crippen molar-refractivity contribution in [2.45, 2.75) is 12.5 Å². The van der Waals surface area contributed by atoms with E-state index in [0.29, 0.717) is 19.5 Å². The van der Waals surface area contributed by atoms with Gasteiger partial charge in [-0.15, -0.1) is 0 Å². The van der Waals surface area contributed by atoms with Crippen LogP contribution in [-0.4, -0.2) is 41.0 Å². The molecule has 2 rings (SSSR count). The smallest absolute Gasteiger partial charge is 0.164 e. The van der Waals surface area contributed by atoms with Crippen LogP contribution in [0.3, 0.4) is 0 Å². The maximum absolute atomic E-state index is 12.0. The number of aromatic hydroxyl groups is 1. The second-order valence-electron chi connectivity index (χ2n) is 5.41. The number of phenols is 1. The predicted molar refractivity (Wildman–Crippen MR) is 86.0 cm³/mol. The van der Waals surface area contributed by atoms with Crippen LogP contribution < -0.4 is 0 Å². The average Bonchev–Trinajstić information content (AvgIpc) is 2.54. The largest absolute Gasteiger partial charge is 0.508 e. The standard InChI is InChI=1S/C18H21NO3/c1-19(12-11-17(21)14-5-3-2-4-6-14)13-18(22)15-7-9-16(20)10-8-15/h2-10,18,20,22H,11-13H2,1H3. The van der Waals surface area contributed by atoms with Gasteiger partial charge in [-0.3, -0.25) is 4.79 Å². The third kappa shape index (κ3) is 4.69. The number of hydrogen-bond acceptors (Lipinski definition) is 4. The summed E-state index contributed by atoms with van der Waals surface area (Å²) in [5.74, 6) is 0.282. The van der Waals surface area contributed by atoms with Crippen LogP contribution in [0, 0.1) is 0 Å². The highest BCUT2D eigenvalue weighted by molar-refractivity contribution is 5.96. The molecule has 22 heavy (non-hydrogen) atoms. The molecule has 0 aliphatic heterocycles. The first-order valence-corrected chi connectivity index (χ1v) is 7.30. The molecule has 4 nitrogen and oxygen atoms in total. The number of likely N-dealkylation sites (N-methyl/N-ethyl adjacent to an activating group) is 1.